The molecule has 21 heavy (non-hydrogen) atoms. The fraction of sp³-hybridized carbons (Fsp3) is 1.00. The molecule has 1 aliphatic carbocycles. The van der Waals surface area contributed by atoms with Crippen LogP contribution in [0.15, 0.2) is 0 Å². The lowest BCUT2D eigenvalue weighted by atomic mass is 10.1. The monoisotopic (exact) mass is 315 g/mol. The third kappa shape index (κ3) is 3.97. The zero-order valence-corrected chi connectivity index (χ0v) is 13.9. The first-order chi connectivity index (χ1) is 10.1. The third-order valence-electron chi connectivity index (χ3n) is 5.34. The highest BCUT2D eigenvalue weighted by molar-refractivity contribution is 7.89. The van der Waals surface area contributed by atoms with Crippen LogP contribution in [0.4, 0.5) is 0 Å². The minimum atomic E-state index is -3.06. The Kier molecular flexibility index (Phi) is 4.88. The zero-order valence-electron chi connectivity index (χ0n) is 13.1. The van der Waals surface area contributed by atoms with Crippen LogP contribution in [-0.4, -0.2) is 68.2 Å². The lowest BCUT2D eigenvalue weighted by Crippen LogP contribution is -2.40. The molecule has 2 heterocycles. The molecule has 3 rings (SSSR count). The summed E-state index contributed by atoms with van der Waals surface area (Å²) in [6.07, 6.45) is 7.72. The highest BCUT2D eigenvalue weighted by atomic mass is 32.2. The quantitative estimate of drug-likeness (QED) is 0.713. The normalized spacial score (nSPS) is 31.5. The van der Waals surface area contributed by atoms with E-state index in [9.17, 15) is 8.42 Å². The summed E-state index contributed by atoms with van der Waals surface area (Å²) in [7, 11) is -0.904. The Morgan fingerprint density at radius 2 is 1.81 bits per heavy atom. The first-order valence-corrected chi connectivity index (χ1v) is 10.1. The summed E-state index contributed by atoms with van der Waals surface area (Å²) >= 11 is 0. The molecule has 3 fully saturated rings. The van der Waals surface area contributed by atoms with Crippen molar-refractivity contribution in [3.8, 4) is 0 Å². The highest BCUT2D eigenvalue weighted by Gasteiger charge is 2.37. The van der Waals surface area contributed by atoms with E-state index in [0.29, 0.717) is 30.9 Å². The first kappa shape index (κ1) is 15.7. The molecule has 0 radical (unpaired) electrons. The molecule has 0 aromatic rings. The van der Waals surface area contributed by atoms with Gasteiger partial charge in [0.1, 0.15) is 0 Å². The maximum atomic E-state index is 12.5. The summed E-state index contributed by atoms with van der Waals surface area (Å²) in [6.45, 7) is 2.39. The lowest BCUT2D eigenvalue weighted by Gasteiger charge is -2.25. The molecule has 3 aliphatic rings. The van der Waals surface area contributed by atoms with Crippen molar-refractivity contribution < 1.29 is 8.42 Å². The van der Waals surface area contributed by atoms with E-state index >= 15 is 0 Å². The molecule has 2 saturated heterocycles. The number of hydrogen-bond donors (Lipinski definition) is 1. The van der Waals surface area contributed by atoms with Gasteiger partial charge in [0.2, 0.25) is 10.0 Å². The maximum absolute atomic E-state index is 12.5. The number of unbranched alkanes of at least 4 members (excludes halogenated alkanes) is 1. The number of fused-ring (bicyclic) bond motifs is 2. The predicted octanol–water partition coefficient (Wildman–Crippen LogP) is 1.02. The topological polar surface area (TPSA) is 52.7 Å². The minimum absolute atomic E-state index is 0.320. The maximum Gasteiger partial charge on any atom is 0.214 e. The fourth-order valence-electron chi connectivity index (χ4n) is 3.66. The molecular weight excluding hydrogens is 286 g/mol. The van der Waals surface area contributed by atoms with Crippen LogP contribution in [0.3, 0.4) is 0 Å². The van der Waals surface area contributed by atoms with Crippen LogP contribution in [0, 0.1) is 0 Å². The van der Waals surface area contributed by atoms with E-state index in [1.165, 1.54) is 19.3 Å². The van der Waals surface area contributed by atoms with E-state index in [2.05, 4.69) is 17.3 Å². The van der Waals surface area contributed by atoms with Crippen molar-refractivity contribution in [1.82, 2.24) is 14.5 Å². The van der Waals surface area contributed by atoms with Crippen molar-refractivity contribution in [2.45, 2.75) is 63.1 Å². The van der Waals surface area contributed by atoms with Crippen LogP contribution in [0.1, 0.15) is 44.9 Å². The second-order valence-corrected chi connectivity index (χ2v) is 9.04. The second kappa shape index (κ2) is 6.52. The number of sulfonamides is 1. The number of hydrogen-bond acceptors (Lipinski definition) is 4. The summed E-state index contributed by atoms with van der Waals surface area (Å²) in [5.74, 6) is 0.320. The first-order valence-electron chi connectivity index (χ1n) is 8.49. The molecule has 2 aliphatic heterocycles. The smallest absolute Gasteiger partial charge is 0.214 e. The zero-order chi connectivity index (χ0) is 14.9. The minimum Gasteiger partial charge on any atom is -0.314 e. The van der Waals surface area contributed by atoms with E-state index in [-0.39, 0.29) is 0 Å². The molecule has 0 aromatic heterocycles. The molecule has 1 saturated carbocycles. The number of nitrogens with one attached hydrogen (secondary N) is 1. The lowest BCUT2D eigenvalue weighted by molar-refractivity contribution is 0.246. The van der Waals surface area contributed by atoms with E-state index in [1.54, 1.807) is 4.31 Å². The third-order valence-corrected chi connectivity index (χ3v) is 7.27. The van der Waals surface area contributed by atoms with Gasteiger partial charge in [0.25, 0.3) is 0 Å². The van der Waals surface area contributed by atoms with Crippen LogP contribution in [0.5, 0.6) is 0 Å². The van der Waals surface area contributed by atoms with Gasteiger partial charge in [-0.25, -0.2) is 12.7 Å². The molecule has 0 spiro atoms. The Bertz CT molecular complexity index is 450. The van der Waals surface area contributed by atoms with Gasteiger partial charge in [0, 0.05) is 31.2 Å². The van der Waals surface area contributed by atoms with Crippen molar-refractivity contribution in [2.75, 3.05) is 32.4 Å². The molecule has 0 aromatic carbocycles. The molecule has 2 bridgehead atoms. The summed E-state index contributed by atoms with van der Waals surface area (Å²) in [5, 5.41) is 3.45. The molecule has 1 N–H and O–H groups in total. The van der Waals surface area contributed by atoms with Crippen molar-refractivity contribution in [2.24, 2.45) is 0 Å². The molecule has 6 heteroatoms. The van der Waals surface area contributed by atoms with Gasteiger partial charge < -0.3 is 5.32 Å². The van der Waals surface area contributed by atoms with Crippen LogP contribution in [0.25, 0.3) is 0 Å². The van der Waals surface area contributed by atoms with Crippen molar-refractivity contribution in [1.29, 1.82) is 0 Å². The highest BCUT2D eigenvalue weighted by Crippen LogP contribution is 2.29. The number of rotatable bonds is 7. The van der Waals surface area contributed by atoms with Crippen LogP contribution >= 0.6 is 0 Å². The van der Waals surface area contributed by atoms with Gasteiger partial charge in [0.15, 0.2) is 0 Å². The summed E-state index contributed by atoms with van der Waals surface area (Å²) in [4.78, 5) is 2.40. The predicted molar refractivity (Wildman–Crippen MR) is 84.8 cm³/mol. The fourth-order valence-corrected chi connectivity index (χ4v) is 5.27. The summed E-state index contributed by atoms with van der Waals surface area (Å²) < 4.78 is 26.8. The van der Waals surface area contributed by atoms with Gasteiger partial charge >= 0.3 is 0 Å². The van der Waals surface area contributed by atoms with Crippen molar-refractivity contribution in [3.05, 3.63) is 0 Å². The Hall–Kier alpha value is -0.170. The molecule has 2 unspecified atom stereocenters. The Morgan fingerprint density at radius 3 is 2.57 bits per heavy atom. The van der Waals surface area contributed by atoms with Crippen molar-refractivity contribution in [3.63, 3.8) is 0 Å². The van der Waals surface area contributed by atoms with Gasteiger partial charge in [-0.3, -0.25) is 4.90 Å². The standard InChI is InChI=1S/C15H29N3O2S/c1-17-14-6-7-15(17)12-18(10-8-14)21(19,20)11-3-2-9-16-13-4-5-13/h13-16H,2-12H2,1H3. The van der Waals surface area contributed by atoms with Gasteiger partial charge in [-0.2, -0.15) is 0 Å². The molecule has 2 atom stereocenters. The summed E-state index contributed by atoms with van der Waals surface area (Å²) in [5.41, 5.74) is 0. The van der Waals surface area contributed by atoms with E-state index in [0.717, 1.165) is 38.3 Å². The van der Waals surface area contributed by atoms with Gasteiger partial charge in [-0.05, 0) is 58.5 Å². The number of likely N-dealkylation sites (N-methyl/N-ethyl adjacent to an activating group) is 1. The van der Waals surface area contributed by atoms with E-state index < -0.39 is 10.0 Å². The SMILES string of the molecule is CN1C2CCC1CN(S(=O)(=O)CCCCNC1CC1)CC2. The van der Waals surface area contributed by atoms with E-state index in [1.807, 2.05) is 0 Å². The van der Waals surface area contributed by atoms with Crippen LogP contribution in [0.2, 0.25) is 0 Å². The van der Waals surface area contributed by atoms with Crippen LogP contribution in [-0.2, 0) is 10.0 Å². The largest absolute Gasteiger partial charge is 0.314 e. The van der Waals surface area contributed by atoms with Gasteiger partial charge in [-0.15, -0.1) is 0 Å². The van der Waals surface area contributed by atoms with Gasteiger partial charge in [-0.1, -0.05) is 0 Å². The van der Waals surface area contributed by atoms with E-state index in [4.69, 9.17) is 0 Å². The molecular formula is C15H29N3O2S. The molecule has 0 amide bonds. The van der Waals surface area contributed by atoms with Crippen molar-refractivity contribution >= 4 is 10.0 Å². The summed E-state index contributed by atoms with van der Waals surface area (Å²) in [6, 6.07) is 1.75. The van der Waals surface area contributed by atoms with Crippen LogP contribution < -0.4 is 5.32 Å². The second-order valence-electron chi connectivity index (χ2n) is 6.95. The Balaban J connectivity index is 1.45. The average molecular weight is 315 g/mol. The van der Waals surface area contributed by atoms with Gasteiger partial charge in [0.05, 0.1) is 5.75 Å². The molecule has 5 nitrogen and oxygen atoms in total. The molecule has 122 valence electrons. The Morgan fingerprint density at radius 1 is 1.05 bits per heavy atom. The average Bonchev–Trinajstić information content (AvgIpc) is 3.17. The Labute approximate surface area is 129 Å². The number of nitrogens with zero attached hydrogens (tertiary/aromatic N) is 2.